The number of hydrogen-bond donors (Lipinski definition) is 0. The summed E-state index contributed by atoms with van der Waals surface area (Å²) in [5.41, 5.74) is 0. The second-order valence-corrected chi connectivity index (χ2v) is 7.50. The van der Waals surface area contributed by atoms with Crippen LogP contribution in [0.4, 0.5) is 0 Å². The lowest BCUT2D eigenvalue weighted by Crippen LogP contribution is -2.29. The molecule has 0 N–H and O–H groups in total. The molecule has 1 aliphatic rings. The van der Waals surface area contributed by atoms with E-state index in [4.69, 9.17) is 0 Å². The molecule has 1 aromatic carbocycles. The summed E-state index contributed by atoms with van der Waals surface area (Å²) in [5, 5.41) is 7.70. The Morgan fingerprint density at radius 1 is 1.25 bits per heavy atom. The molecular formula is C12H13BrN4O2S. The molecule has 1 unspecified atom stereocenters. The van der Waals surface area contributed by atoms with Gasteiger partial charge in [-0.1, -0.05) is 21.1 Å². The highest BCUT2D eigenvalue weighted by Gasteiger charge is 2.33. The molecule has 0 bridgehead atoms. The molecule has 20 heavy (non-hydrogen) atoms. The molecule has 2 aromatic rings. The molecule has 2 heterocycles. The Hall–Kier alpha value is -1.25. The van der Waals surface area contributed by atoms with Crippen molar-refractivity contribution >= 4 is 26.0 Å². The van der Waals surface area contributed by atoms with Gasteiger partial charge in [-0.2, -0.15) is 4.31 Å². The summed E-state index contributed by atoms with van der Waals surface area (Å²) >= 11 is 3.30. The van der Waals surface area contributed by atoms with Crippen molar-refractivity contribution in [3.05, 3.63) is 41.1 Å². The van der Waals surface area contributed by atoms with Gasteiger partial charge in [-0.05, 0) is 30.7 Å². The Morgan fingerprint density at radius 3 is 2.65 bits per heavy atom. The second kappa shape index (κ2) is 5.27. The van der Waals surface area contributed by atoms with Crippen LogP contribution in [-0.2, 0) is 10.0 Å². The summed E-state index contributed by atoms with van der Waals surface area (Å²) in [6, 6.07) is 6.75. The molecule has 1 atom stereocenters. The third-order valence-electron chi connectivity index (χ3n) is 3.39. The Kier molecular flexibility index (Phi) is 3.61. The van der Waals surface area contributed by atoms with Gasteiger partial charge in [-0.25, -0.2) is 13.1 Å². The predicted octanol–water partition coefficient (Wildman–Crippen LogP) is 1.68. The minimum Gasteiger partial charge on any atom is -0.248 e. The van der Waals surface area contributed by atoms with Crippen LogP contribution < -0.4 is 0 Å². The van der Waals surface area contributed by atoms with E-state index < -0.39 is 10.0 Å². The molecule has 8 heteroatoms. The van der Waals surface area contributed by atoms with E-state index in [2.05, 4.69) is 26.2 Å². The van der Waals surface area contributed by atoms with Gasteiger partial charge in [0.05, 0.1) is 17.1 Å². The maximum Gasteiger partial charge on any atom is 0.243 e. The molecule has 0 amide bonds. The molecular weight excluding hydrogens is 344 g/mol. The Morgan fingerprint density at radius 2 is 2.00 bits per heavy atom. The van der Waals surface area contributed by atoms with E-state index in [0.717, 1.165) is 10.9 Å². The van der Waals surface area contributed by atoms with Crippen molar-refractivity contribution in [3.63, 3.8) is 0 Å². The van der Waals surface area contributed by atoms with Crippen molar-refractivity contribution in [1.82, 2.24) is 19.3 Å². The van der Waals surface area contributed by atoms with E-state index in [1.54, 1.807) is 41.3 Å². The van der Waals surface area contributed by atoms with Crippen LogP contribution in [-0.4, -0.2) is 40.8 Å². The number of hydrogen-bond acceptors (Lipinski definition) is 4. The molecule has 0 aliphatic carbocycles. The maximum absolute atomic E-state index is 12.5. The summed E-state index contributed by atoms with van der Waals surface area (Å²) in [6.45, 7) is 0.935. The van der Waals surface area contributed by atoms with Crippen molar-refractivity contribution < 1.29 is 8.42 Å². The fraction of sp³-hybridized carbons (Fsp3) is 0.333. The van der Waals surface area contributed by atoms with Gasteiger partial charge in [0.15, 0.2) is 0 Å². The Balaban J connectivity index is 1.81. The lowest BCUT2D eigenvalue weighted by Gasteiger charge is -2.16. The number of halogens is 1. The normalized spacial score (nSPS) is 20.4. The Labute approximate surface area is 125 Å². The number of aromatic nitrogens is 3. The minimum atomic E-state index is -3.43. The van der Waals surface area contributed by atoms with Crippen molar-refractivity contribution in [2.24, 2.45) is 0 Å². The van der Waals surface area contributed by atoms with Crippen LogP contribution in [0.5, 0.6) is 0 Å². The first kappa shape index (κ1) is 13.7. The van der Waals surface area contributed by atoms with Gasteiger partial charge in [-0.15, -0.1) is 5.10 Å². The average Bonchev–Trinajstić information content (AvgIpc) is 3.10. The molecule has 6 nitrogen and oxygen atoms in total. The van der Waals surface area contributed by atoms with Crippen molar-refractivity contribution in [1.29, 1.82) is 0 Å². The standard InChI is InChI=1S/C12H13BrN4O2S/c13-10-1-3-12(4-2-10)20(18,19)16-7-5-11(9-16)17-8-6-14-15-17/h1-4,6,8,11H,5,7,9H2. The molecule has 1 saturated heterocycles. The van der Waals surface area contributed by atoms with Gasteiger partial charge in [0.25, 0.3) is 0 Å². The highest BCUT2D eigenvalue weighted by molar-refractivity contribution is 9.10. The first-order valence-electron chi connectivity index (χ1n) is 6.19. The van der Waals surface area contributed by atoms with Crippen LogP contribution >= 0.6 is 15.9 Å². The number of rotatable bonds is 3. The molecule has 3 rings (SSSR count). The van der Waals surface area contributed by atoms with E-state index >= 15 is 0 Å². The molecule has 1 fully saturated rings. The summed E-state index contributed by atoms with van der Waals surface area (Å²) in [4.78, 5) is 0.319. The summed E-state index contributed by atoms with van der Waals surface area (Å²) in [5.74, 6) is 0. The lowest BCUT2D eigenvalue weighted by atomic mass is 10.3. The number of nitrogens with zero attached hydrogens (tertiary/aromatic N) is 4. The van der Waals surface area contributed by atoms with Crippen molar-refractivity contribution in [2.45, 2.75) is 17.4 Å². The van der Waals surface area contributed by atoms with E-state index in [9.17, 15) is 8.42 Å². The van der Waals surface area contributed by atoms with Crippen LogP contribution in [0.3, 0.4) is 0 Å². The molecule has 1 aromatic heterocycles. The fourth-order valence-electron chi connectivity index (χ4n) is 2.31. The minimum absolute atomic E-state index is 0.0581. The maximum atomic E-state index is 12.5. The predicted molar refractivity (Wildman–Crippen MR) is 76.6 cm³/mol. The molecule has 0 spiro atoms. The zero-order chi connectivity index (χ0) is 14.2. The second-order valence-electron chi connectivity index (χ2n) is 4.64. The van der Waals surface area contributed by atoms with E-state index in [-0.39, 0.29) is 6.04 Å². The van der Waals surface area contributed by atoms with Gasteiger partial charge in [-0.3, -0.25) is 0 Å². The quantitative estimate of drug-likeness (QED) is 0.838. The third-order valence-corrected chi connectivity index (χ3v) is 5.80. The van der Waals surface area contributed by atoms with Crippen LogP contribution in [0, 0.1) is 0 Å². The first-order chi connectivity index (χ1) is 9.57. The lowest BCUT2D eigenvalue weighted by molar-refractivity contribution is 0.428. The fourth-order valence-corrected chi connectivity index (χ4v) is 4.07. The van der Waals surface area contributed by atoms with Crippen molar-refractivity contribution in [3.8, 4) is 0 Å². The van der Waals surface area contributed by atoms with Crippen LogP contribution in [0.1, 0.15) is 12.5 Å². The first-order valence-corrected chi connectivity index (χ1v) is 8.42. The van der Waals surface area contributed by atoms with Gasteiger partial charge < -0.3 is 0 Å². The summed E-state index contributed by atoms with van der Waals surface area (Å²) in [7, 11) is -3.43. The highest BCUT2D eigenvalue weighted by atomic mass is 79.9. The van der Waals surface area contributed by atoms with E-state index in [0.29, 0.717) is 18.0 Å². The molecule has 1 aliphatic heterocycles. The zero-order valence-electron chi connectivity index (χ0n) is 10.6. The monoisotopic (exact) mass is 356 g/mol. The van der Waals surface area contributed by atoms with Crippen LogP contribution in [0.2, 0.25) is 0 Å². The van der Waals surface area contributed by atoms with Crippen LogP contribution in [0.15, 0.2) is 46.0 Å². The van der Waals surface area contributed by atoms with Gasteiger partial charge >= 0.3 is 0 Å². The van der Waals surface area contributed by atoms with Gasteiger partial charge in [0, 0.05) is 23.8 Å². The average molecular weight is 357 g/mol. The molecule has 0 saturated carbocycles. The zero-order valence-corrected chi connectivity index (χ0v) is 13.0. The van der Waals surface area contributed by atoms with Gasteiger partial charge in [0.1, 0.15) is 0 Å². The van der Waals surface area contributed by atoms with E-state index in [1.807, 2.05) is 0 Å². The smallest absolute Gasteiger partial charge is 0.243 e. The third kappa shape index (κ3) is 2.50. The topological polar surface area (TPSA) is 68.1 Å². The largest absolute Gasteiger partial charge is 0.248 e. The SMILES string of the molecule is O=S(=O)(c1ccc(Br)cc1)N1CCC(n2ccnn2)C1. The molecule has 106 valence electrons. The van der Waals surface area contributed by atoms with Gasteiger partial charge in [0.2, 0.25) is 10.0 Å². The Bertz CT molecular complexity index is 685. The highest BCUT2D eigenvalue weighted by Crippen LogP contribution is 2.27. The molecule has 0 radical (unpaired) electrons. The van der Waals surface area contributed by atoms with Crippen LogP contribution in [0.25, 0.3) is 0 Å². The van der Waals surface area contributed by atoms with Crippen molar-refractivity contribution in [2.75, 3.05) is 13.1 Å². The summed E-state index contributed by atoms with van der Waals surface area (Å²) in [6.07, 6.45) is 4.12. The van der Waals surface area contributed by atoms with E-state index in [1.165, 1.54) is 4.31 Å². The number of benzene rings is 1. The summed E-state index contributed by atoms with van der Waals surface area (Å²) < 4.78 is 29.1. The number of sulfonamides is 1.